The van der Waals surface area contributed by atoms with Gasteiger partial charge in [-0.25, -0.2) is 0 Å². The molecule has 0 fully saturated rings. The number of phenolic OH excluding ortho intramolecular Hbond substituents is 1. The molecule has 0 bridgehead atoms. The number of furan rings is 1. The molecule has 0 aliphatic carbocycles. The monoisotopic (exact) mass is 240 g/mol. The SMILES string of the molecule is O=Cc1cc2cc(O)cc(Br)c2o1. The van der Waals surface area contributed by atoms with Gasteiger partial charge in [0.15, 0.2) is 12.0 Å². The predicted molar refractivity (Wildman–Crippen MR) is 51.0 cm³/mol. The highest BCUT2D eigenvalue weighted by Crippen LogP contribution is 2.30. The molecule has 3 nitrogen and oxygen atoms in total. The summed E-state index contributed by atoms with van der Waals surface area (Å²) in [6.45, 7) is 0. The Balaban J connectivity index is 2.82. The largest absolute Gasteiger partial charge is 0.508 e. The van der Waals surface area contributed by atoms with E-state index in [1.165, 1.54) is 12.1 Å². The molecule has 1 aromatic carbocycles. The molecule has 1 heterocycles. The van der Waals surface area contributed by atoms with E-state index in [9.17, 15) is 9.90 Å². The Bertz CT molecular complexity index is 473. The van der Waals surface area contributed by atoms with E-state index in [2.05, 4.69) is 15.9 Å². The minimum absolute atomic E-state index is 0.137. The highest BCUT2D eigenvalue weighted by atomic mass is 79.9. The van der Waals surface area contributed by atoms with Gasteiger partial charge in [-0.3, -0.25) is 4.79 Å². The van der Waals surface area contributed by atoms with Gasteiger partial charge in [0.1, 0.15) is 11.3 Å². The maximum Gasteiger partial charge on any atom is 0.185 e. The fraction of sp³-hybridized carbons (Fsp3) is 0. The van der Waals surface area contributed by atoms with E-state index < -0.39 is 0 Å². The lowest BCUT2D eigenvalue weighted by Gasteiger charge is -1.93. The Hall–Kier alpha value is -1.29. The van der Waals surface area contributed by atoms with Crippen molar-refractivity contribution in [2.24, 2.45) is 0 Å². The van der Waals surface area contributed by atoms with Crippen LogP contribution in [0.15, 0.2) is 27.1 Å². The third-order valence-electron chi connectivity index (χ3n) is 1.69. The van der Waals surface area contributed by atoms with Crippen molar-refractivity contribution in [3.63, 3.8) is 0 Å². The van der Waals surface area contributed by atoms with Gasteiger partial charge in [-0.1, -0.05) is 0 Å². The molecule has 2 rings (SSSR count). The molecule has 0 spiro atoms. The van der Waals surface area contributed by atoms with Crippen LogP contribution in [0.1, 0.15) is 10.6 Å². The van der Waals surface area contributed by atoms with Crippen LogP contribution >= 0.6 is 15.9 Å². The average molecular weight is 241 g/mol. The van der Waals surface area contributed by atoms with Crippen LogP contribution < -0.4 is 0 Å². The second-order valence-electron chi connectivity index (χ2n) is 2.61. The first kappa shape index (κ1) is 8.31. The van der Waals surface area contributed by atoms with Crippen molar-refractivity contribution in [3.8, 4) is 5.75 Å². The third kappa shape index (κ3) is 1.33. The Morgan fingerprint density at radius 3 is 2.85 bits per heavy atom. The Morgan fingerprint density at radius 2 is 2.15 bits per heavy atom. The lowest BCUT2D eigenvalue weighted by molar-refractivity contribution is 0.110. The molecule has 0 radical (unpaired) electrons. The highest BCUT2D eigenvalue weighted by molar-refractivity contribution is 9.10. The number of halogens is 1. The number of aldehydes is 1. The fourth-order valence-corrected chi connectivity index (χ4v) is 1.72. The number of aromatic hydroxyl groups is 1. The minimum atomic E-state index is 0.137. The van der Waals surface area contributed by atoms with Crippen molar-refractivity contribution in [1.82, 2.24) is 0 Å². The number of hydrogen-bond acceptors (Lipinski definition) is 3. The maximum absolute atomic E-state index is 10.4. The van der Waals surface area contributed by atoms with Crippen molar-refractivity contribution in [2.45, 2.75) is 0 Å². The lowest BCUT2D eigenvalue weighted by Crippen LogP contribution is -1.68. The smallest absolute Gasteiger partial charge is 0.185 e. The van der Waals surface area contributed by atoms with Crippen LogP contribution in [-0.2, 0) is 0 Å². The maximum atomic E-state index is 10.4. The van der Waals surface area contributed by atoms with Crippen molar-refractivity contribution < 1.29 is 14.3 Å². The first-order valence-corrected chi connectivity index (χ1v) is 4.37. The molecule has 0 amide bonds. The van der Waals surface area contributed by atoms with E-state index in [1.54, 1.807) is 6.07 Å². The molecule has 0 aliphatic rings. The van der Waals surface area contributed by atoms with E-state index in [0.717, 1.165) is 0 Å². The summed E-state index contributed by atoms with van der Waals surface area (Å²) in [7, 11) is 0. The van der Waals surface area contributed by atoms with Gasteiger partial charge >= 0.3 is 0 Å². The zero-order valence-electron chi connectivity index (χ0n) is 6.45. The highest BCUT2D eigenvalue weighted by Gasteiger charge is 2.07. The van der Waals surface area contributed by atoms with Gasteiger partial charge in [-0.2, -0.15) is 0 Å². The second-order valence-corrected chi connectivity index (χ2v) is 3.47. The first-order valence-electron chi connectivity index (χ1n) is 3.58. The summed E-state index contributed by atoms with van der Waals surface area (Å²) >= 11 is 3.22. The Morgan fingerprint density at radius 1 is 1.38 bits per heavy atom. The van der Waals surface area contributed by atoms with Gasteiger partial charge in [0.2, 0.25) is 0 Å². The van der Waals surface area contributed by atoms with Gasteiger partial charge in [0.25, 0.3) is 0 Å². The molecule has 0 saturated carbocycles. The predicted octanol–water partition coefficient (Wildman–Crippen LogP) is 2.71. The lowest BCUT2D eigenvalue weighted by atomic mass is 10.2. The van der Waals surface area contributed by atoms with Crippen molar-refractivity contribution in [1.29, 1.82) is 0 Å². The third-order valence-corrected chi connectivity index (χ3v) is 2.28. The molecule has 0 aliphatic heterocycles. The average Bonchev–Trinajstić information content (AvgIpc) is 2.47. The van der Waals surface area contributed by atoms with Gasteiger partial charge in [-0.15, -0.1) is 0 Å². The Kier molecular flexibility index (Phi) is 1.84. The van der Waals surface area contributed by atoms with Crippen molar-refractivity contribution in [2.75, 3.05) is 0 Å². The standard InChI is InChI=1S/C9H5BrO3/c10-8-3-6(12)1-5-2-7(4-11)13-9(5)8/h1-4,12H. The van der Waals surface area contributed by atoms with Gasteiger partial charge in [0, 0.05) is 5.39 Å². The number of fused-ring (bicyclic) bond motifs is 1. The summed E-state index contributed by atoms with van der Waals surface area (Å²) in [5.74, 6) is 0.388. The van der Waals surface area contributed by atoms with Crippen LogP contribution in [-0.4, -0.2) is 11.4 Å². The molecule has 0 atom stereocenters. The summed E-state index contributed by atoms with van der Waals surface area (Å²) in [6, 6.07) is 4.63. The fourth-order valence-electron chi connectivity index (χ4n) is 1.17. The van der Waals surface area contributed by atoms with Crippen LogP contribution in [0, 0.1) is 0 Å². The number of carbonyl (C=O) groups excluding carboxylic acids is 1. The van der Waals surface area contributed by atoms with Crippen LogP contribution in [0.25, 0.3) is 11.0 Å². The summed E-state index contributed by atoms with van der Waals surface area (Å²) in [5.41, 5.74) is 0.569. The quantitative estimate of drug-likeness (QED) is 0.781. The summed E-state index contributed by atoms with van der Waals surface area (Å²) < 4.78 is 5.81. The van der Waals surface area contributed by atoms with Crippen molar-refractivity contribution >= 4 is 33.2 Å². The molecule has 1 aromatic heterocycles. The summed E-state index contributed by atoms with van der Waals surface area (Å²) in [6.07, 6.45) is 0.628. The Labute approximate surface area is 82.1 Å². The molecular formula is C9H5BrO3. The zero-order valence-corrected chi connectivity index (χ0v) is 8.04. The van der Waals surface area contributed by atoms with E-state index in [0.29, 0.717) is 21.7 Å². The van der Waals surface area contributed by atoms with Crippen LogP contribution in [0.3, 0.4) is 0 Å². The number of benzene rings is 1. The van der Waals surface area contributed by atoms with Gasteiger partial charge < -0.3 is 9.52 Å². The minimum Gasteiger partial charge on any atom is -0.508 e. The zero-order chi connectivity index (χ0) is 9.42. The molecule has 0 saturated heterocycles. The number of rotatable bonds is 1. The van der Waals surface area contributed by atoms with Crippen LogP contribution in [0.4, 0.5) is 0 Å². The molecule has 1 N–H and O–H groups in total. The molecule has 66 valence electrons. The number of phenols is 1. The van der Waals surface area contributed by atoms with E-state index in [1.807, 2.05) is 0 Å². The molecule has 2 aromatic rings. The van der Waals surface area contributed by atoms with Crippen molar-refractivity contribution in [3.05, 3.63) is 28.4 Å². The number of carbonyl (C=O) groups is 1. The first-order chi connectivity index (χ1) is 6.20. The van der Waals surface area contributed by atoms with E-state index in [-0.39, 0.29) is 11.5 Å². The normalized spacial score (nSPS) is 10.5. The van der Waals surface area contributed by atoms with E-state index in [4.69, 9.17) is 4.42 Å². The van der Waals surface area contributed by atoms with Gasteiger partial charge in [-0.05, 0) is 34.1 Å². The number of hydrogen-bond donors (Lipinski definition) is 1. The molecule has 4 heteroatoms. The summed E-state index contributed by atoms with van der Waals surface area (Å²) in [4.78, 5) is 10.4. The molecular weight excluding hydrogens is 236 g/mol. The van der Waals surface area contributed by atoms with Crippen LogP contribution in [0.2, 0.25) is 0 Å². The summed E-state index contributed by atoms with van der Waals surface area (Å²) in [5, 5.41) is 9.94. The molecule has 13 heavy (non-hydrogen) atoms. The van der Waals surface area contributed by atoms with Gasteiger partial charge in [0.05, 0.1) is 4.47 Å². The van der Waals surface area contributed by atoms with E-state index >= 15 is 0 Å². The topological polar surface area (TPSA) is 50.4 Å². The second kappa shape index (κ2) is 2.88. The molecule has 0 unspecified atom stereocenters. The van der Waals surface area contributed by atoms with Crippen LogP contribution in [0.5, 0.6) is 5.75 Å².